The van der Waals surface area contributed by atoms with Gasteiger partial charge in [0.25, 0.3) is 0 Å². The van der Waals surface area contributed by atoms with Gasteiger partial charge in [-0.2, -0.15) is 0 Å². The first-order chi connectivity index (χ1) is 9.85. The van der Waals surface area contributed by atoms with Crippen molar-refractivity contribution < 1.29 is 14.3 Å². The maximum absolute atomic E-state index is 12.2. The van der Waals surface area contributed by atoms with Crippen molar-refractivity contribution in [3.8, 4) is 0 Å². The number of rotatable bonds is 2. The molecule has 0 aromatic heterocycles. The first-order valence-corrected chi connectivity index (χ1v) is 8.21. The lowest BCUT2D eigenvalue weighted by atomic mass is 10.00. The van der Waals surface area contributed by atoms with Crippen molar-refractivity contribution in [3.63, 3.8) is 0 Å². The summed E-state index contributed by atoms with van der Waals surface area (Å²) in [6, 6.07) is 0.181. The van der Waals surface area contributed by atoms with Crippen molar-refractivity contribution in [2.45, 2.75) is 77.2 Å². The molecule has 0 aromatic rings. The summed E-state index contributed by atoms with van der Waals surface area (Å²) in [4.78, 5) is 14.0. The van der Waals surface area contributed by atoms with Crippen LogP contribution in [0.15, 0.2) is 0 Å². The maximum Gasteiger partial charge on any atom is 0.410 e. The Morgan fingerprint density at radius 1 is 1.14 bits per heavy atom. The molecule has 21 heavy (non-hydrogen) atoms. The number of nitrogens with zero attached hydrogens (tertiary/aromatic N) is 1. The summed E-state index contributed by atoms with van der Waals surface area (Å²) in [5.41, 5.74) is -0.431. The minimum Gasteiger partial charge on any atom is -0.444 e. The molecule has 0 saturated carbocycles. The van der Waals surface area contributed by atoms with Crippen LogP contribution in [0.2, 0.25) is 0 Å². The second-order valence-corrected chi connectivity index (χ2v) is 7.25. The van der Waals surface area contributed by atoms with Gasteiger partial charge in [0.15, 0.2) is 0 Å². The summed E-state index contributed by atoms with van der Waals surface area (Å²) < 4.78 is 11.7. The van der Waals surface area contributed by atoms with Crippen molar-refractivity contribution >= 4 is 6.09 Å². The van der Waals surface area contributed by atoms with E-state index in [9.17, 15) is 4.79 Å². The summed E-state index contributed by atoms with van der Waals surface area (Å²) in [6.45, 7) is 10.6. The lowest BCUT2D eigenvalue weighted by Crippen LogP contribution is -2.49. The molecule has 2 rings (SSSR count). The fraction of sp³-hybridized carbons (Fsp3) is 0.938. The van der Waals surface area contributed by atoms with Crippen LogP contribution in [-0.4, -0.2) is 54.5 Å². The summed E-state index contributed by atoms with van der Waals surface area (Å²) in [5.74, 6) is 0. The fourth-order valence-corrected chi connectivity index (χ4v) is 3.05. The van der Waals surface area contributed by atoms with Crippen molar-refractivity contribution in [3.05, 3.63) is 0 Å². The highest BCUT2D eigenvalue weighted by atomic mass is 16.6. The third-order valence-corrected chi connectivity index (χ3v) is 4.13. The number of likely N-dealkylation sites (tertiary alicyclic amines) is 1. The van der Waals surface area contributed by atoms with E-state index in [1.54, 1.807) is 0 Å². The molecule has 2 aliphatic rings. The fourth-order valence-electron chi connectivity index (χ4n) is 3.05. The maximum atomic E-state index is 12.2. The third kappa shape index (κ3) is 5.15. The van der Waals surface area contributed by atoms with Gasteiger partial charge in [0.05, 0.1) is 12.2 Å². The van der Waals surface area contributed by atoms with Crippen LogP contribution in [0.3, 0.4) is 0 Å². The summed E-state index contributed by atoms with van der Waals surface area (Å²) in [5, 5.41) is 3.35. The van der Waals surface area contributed by atoms with Crippen LogP contribution in [-0.2, 0) is 9.47 Å². The average molecular weight is 298 g/mol. The number of carbonyl (C=O) groups is 1. The van der Waals surface area contributed by atoms with Gasteiger partial charge in [0.1, 0.15) is 5.60 Å². The van der Waals surface area contributed by atoms with E-state index in [1.165, 1.54) is 0 Å². The summed E-state index contributed by atoms with van der Waals surface area (Å²) >= 11 is 0. The highest BCUT2D eigenvalue weighted by Gasteiger charge is 2.33. The van der Waals surface area contributed by atoms with E-state index in [0.29, 0.717) is 6.10 Å². The van der Waals surface area contributed by atoms with E-state index >= 15 is 0 Å². The smallest absolute Gasteiger partial charge is 0.410 e. The van der Waals surface area contributed by atoms with Gasteiger partial charge in [0.2, 0.25) is 0 Å². The van der Waals surface area contributed by atoms with E-state index < -0.39 is 5.60 Å². The first-order valence-electron chi connectivity index (χ1n) is 8.21. The minimum atomic E-state index is -0.431. The Morgan fingerprint density at radius 3 is 2.38 bits per heavy atom. The molecule has 0 radical (unpaired) electrons. The summed E-state index contributed by atoms with van der Waals surface area (Å²) in [6.07, 6.45) is 4.48. The molecule has 0 spiro atoms. The molecule has 5 heteroatoms. The third-order valence-electron chi connectivity index (χ3n) is 4.13. The Hall–Kier alpha value is -0.810. The van der Waals surface area contributed by atoms with E-state index in [2.05, 4.69) is 12.2 Å². The number of nitrogens with one attached hydrogen (secondary N) is 1. The zero-order chi connectivity index (χ0) is 15.5. The van der Waals surface area contributed by atoms with Gasteiger partial charge in [0, 0.05) is 12.6 Å². The molecule has 2 fully saturated rings. The Kier molecular flexibility index (Phi) is 5.49. The number of amides is 1. The normalized spacial score (nSPS) is 28.5. The van der Waals surface area contributed by atoms with Crippen LogP contribution in [0.25, 0.3) is 0 Å². The highest BCUT2D eigenvalue weighted by molar-refractivity contribution is 5.68. The molecular formula is C16H30N2O3. The van der Waals surface area contributed by atoms with Gasteiger partial charge in [-0.3, -0.25) is 0 Å². The van der Waals surface area contributed by atoms with Crippen LogP contribution < -0.4 is 5.32 Å². The van der Waals surface area contributed by atoms with E-state index in [0.717, 1.165) is 45.3 Å². The van der Waals surface area contributed by atoms with Crippen LogP contribution >= 0.6 is 0 Å². The highest BCUT2D eigenvalue weighted by Crippen LogP contribution is 2.24. The van der Waals surface area contributed by atoms with Crippen LogP contribution in [0.4, 0.5) is 4.79 Å². The molecule has 2 atom stereocenters. The molecule has 0 unspecified atom stereocenters. The first kappa shape index (κ1) is 16.6. The Labute approximate surface area is 128 Å². The topological polar surface area (TPSA) is 50.8 Å². The number of piperidine rings is 2. The second-order valence-electron chi connectivity index (χ2n) is 7.25. The van der Waals surface area contributed by atoms with Gasteiger partial charge in [-0.25, -0.2) is 4.79 Å². The van der Waals surface area contributed by atoms with Gasteiger partial charge in [-0.1, -0.05) is 0 Å². The average Bonchev–Trinajstić information content (AvgIpc) is 2.37. The number of hydrogen-bond acceptors (Lipinski definition) is 4. The van der Waals surface area contributed by atoms with E-state index in [1.807, 2.05) is 25.7 Å². The standard InChI is InChI=1S/C16H30N2O3/c1-12-11-14(20-13-5-8-17-9-6-13)7-10-18(12)15(19)21-16(2,3)4/h12-14,17H,5-11H2,1-4H3/t12-,14-/m1/s1. The lowest BCUT2D eigenvalue weighted by molar-refractivity contribution is -0.0667. The minimum absolute atomic E-state index is 0.181. The number of hydrogen-bond donors (Lipinski definition) is 1. The number of ether oxygens (including phenoxy) is 2. The Balaban J connectivity index is 1.79. The molecule has 5 nitrogen and oxygen atoms in total. The van der Waals surface area contributed by atoms with Crippen molar-refractivity contribution in [1.29, 1.82) is 0 Å². The molecule has 2 aliphatic heterocycles. The quantitative estimate of drug-likeness (QED) is 0.851. The van der Waals surface area contributed by atoms with Crippen LogP contribution in [0, 0.1) is 0 Å². The van der Waals surface area contributed by atoms with E-state index in [4.69, 9.17) is 9.47 Å². The molecular weight excluding hydrogens is 268 g/mol. The van der Waals surface area contributed by atoms with Crippen LogP contribution in [0.1, 0.15) is 53.4 Å². The zero-order valence-corrected chi connectivity index (χ0v) is 13.9. The Bertz CT molecular complexity index is 348. The van der Waals surface area contributed by atoms with Crippen molar-refractivity contribution in [1.82, 2.24) is 10.2 Å². The molecule has 0 aromatic carbocycles. The molecule has 1 N–H and O–H groups in total. The second kappa shape index (κ2) is 6.97. The number of carbonyl (C=O) groups excluding carboxylic acids is 1. The molecule has 2 saturated heterocycles. The van der Waals surface area contributed by atoms with Crippen molar-refractivity contribution in [2.24, 2.45) is 0 Å². The molecule has 122 valence electrons. The van der Waals surface area contributed by atoms with Gasteiger partial charge in [-0.05, 0) is 66.5 Å². The Morgan fingerprint density at radius 2 is 1.81 bits per heavy atom. The SMILES string of the molecule is C[C@@H]1C[C@H](OC2CCNCC2)CCN1C(=O)OC(C)(C)C. The predicted octanol–water partition coefficient (Wildman–Crippen LogP) is 2.54. The molecule has 2 heterocycles. The molecule has 0 bridgehead atoms. The molecule has 1 amide bonds. The van der Waals surface area contributed by atoms with Crippen molar-refractivity contribution in [2.75, 3.05) is 19.6 Å². The van der Waals surface area contributed by atoms with Crippen LogP contribution in [0.5, 0.6) is 0 Å². The molecule has 0 aliphatic carbocycles. The van der Waals surface area contributed by atoms with Gasteiger partial charge in [-0.15, -0.1) is 0 Å². The zero-order valence-electron chi connectivity index (χ0n) is 13.9. The largest absolute Gasteiger partial charge is 0.444 e. The summed E-state index contributed by atoms with van der Waals surface area (Å²) in [7, 11) is 0. The van der Waals surface area contributed by atoms with Gasteiger partial charge >= 0.3 is 6.09 Å². The van der Waals surface area contributed by atoms with Gasteiger partial charge < -0.3 is 19.7 Å². The lowest BCUT2D eigenvalue weighted by Gasteiger charge is -2.39. The predicted molar refractivity (Wildman–Crippen MR) is 82.4 cm³/mol. The van der Waals surface area contributed by atoms with E-state index in [-0.39, 0.29) is 18.2 Å². The monoisotopic (exact) mass is 298 g/mol.